The maximum atomic E-state index is 12.9. The van der Waals surface area contributed by atoms with Gasteiger partial charge in [-0.2, -0.15) is 4.31 Å². The first kappa shape index (κ1) is 22.6. The van der Waals surface area contributed by atoms with Crippen LogP contribution < -0.4 is 14.8 Å². The highest BCUT2D eigenvalue weighted by Crippen LogP contribution is 2.33. The van der Waals surface area contributed by atoms with E-state index >= 15 is 0 Å². The molecule has 0 aromatic heterocycles. The first-order chi connectivity index (χ1) is 13.1. The Morgan fingerprint density at radius 1 is 1.04 bits per heavy atom. The summed E-state index contributed by atoms with van der Waals surface area (Å²) in [6.45, 7) is -0.473. The van der Waals surface area contributed by atoms with Gasteiger partial charge in [-0.15, -0.1) is 0 Å². The summed E-state index contributed by atoms with van der Waals surface area (Å²) in [7, 11) is -0.0111. The smallest absolute Gasteiger partial charge is 0.247 e. The monoisotopic (exact) mass is 466 g/mol. The number of sulfonamides is 1. The van der Waals surface area contributed by atoms with Gasteiger partial charge in [0, 0.05) is 13.1 Å². The molecule has 2 aromatic rings. The number of benzene rings is 2. The van der Waals surface area contributed by atoms with Gasteiger partial charge in [0.05, 0.1) is 41.5 Å². The van der Waals surface area contributed by atoms with E-state index in [0.717, 1.165) is 4.31 Å². The Labute approximate surface area is 178 Å². The van der Waals surface area contributed by atoms with Crippen LogP contribution in [0.4, 0.5) is 5.69 Å². The second-order valence-corrected chi connectivity index (χ2v) is 8.81. The van der Waals surface area contributed by atoms with E-state index in [2.05, 4.69) is 5.32 Å². The standard InChI is InChI=1S/C17H17Cl3N2O5S/c1-22(9-17(23)21-14-8-12(19)11(18)7-13(14)20)28(24,25)16-6-10(26-2)4-5-15(16)27-3/h4-8H,9H2,1-3H3,(H,21,23). The summed E-state index contributed by atoms with van der Waals surface area (Å²) >= 11 is 17.8. The second kappa shape index (κ2) is 9.19. The van der Waals surface area contributed by atoms with Crippen LogP contribution in [0.2, 0.25) is 15.1 Å². The molecule has 152 valence electrons. The number of carbonyl (C=O) groups is 1. The number of nitrogens with zero attached hydrogens (tertiary/aromatic N) is 1. The number of methoxy groups -OCH3 is 2. The summed E-state index contributed by atoms with van der Waals surface area (Å²) in [6.07, 6.45) is 0. The van der Waals surface area contributed by atoms with Gasteiger partial charge in [-0.25, -0.2) is 8.42 Å². The van der Waals surface area contributed by atoms with Crippen molar-refractivity contribution in [1.82, 2.24) is 4.31 Å². The van der Waals surface area contributed by atoms with Crippen molar-refractivity contribution in [2.45, 2.75) is 4.90 Å². The molecule has 11 heteroatoms. The van der Waals surface area contributed by atoms with Crippen molar-refractivity contribution < 1.29 is 22.7 Å². The van der Waals surface area contributed by atoms with Crippen molar-refractivity contribution in [2.75, 3.05) is 33.1 Å². The van der Waals surface area contributed by atoms with Crippen LogP contribution in [0.15, 0.2) is 35.2 Å². The molecule has 0 aliphatic heterocycles. The quantitative estimate of drug-likeness (QED) is 0.624. The van der Waals surface area contributed by atoms with Gasteiger partial charge in [-0.1, -0.05) is 34.8 Å². The Hall–Kier alpha value is -1.71. The lowest BCUT2D eigenvalue weighted by Gasteiger charge is -2.19. The number of anilines is 1. The van der Waals surface area contributed by atoms with Crippen molar-refractivity contribution in [3.63, 3.8) is 0 Å². The third-order valence-corrected chi connectivity index (χ3v) is 6.57. The number of amides is 1. The molecule has 0 saturated carbocycles. The Morgan fingerprint density at radius 3 is 2.29 bits per heavy atom. The molecule has 0 radical (unpaired) electrons. The van der Waals surface area contributed by atoms with Crippen molar-refractivity contribution in [3.8, 4) is 11.5 Å². The largest absolute Gasteiger partial charge is 0.497 e. The topological polar surface area (TPSA) is 84.9 Å². The summed E-state index contributed by atoms with van der Waals surface area (Å²) in [5, 5.41) is 3.11. The zero-order chi connectivity index (χ0) is 21.1. The van der Waals surface area contributed by atoms with Crippen LogP contribution in [0.1, 0.15) is 0 Å². The summed E-state index contributed by atoms with van der Waals surface area (Å²) < 4.78 is 36.8. The van der Waals surface area contributed by atoms with E-state index in [1.165, 1.54) is 45.5 Å². The maximum absolute atomic E-state index is 12.9. The zero-order valence-electron chi connectivity index (χ0n) is 15.1. The van der Waals surface area contributed by atoms with Gasteiger partial charge in [-0.3, -0.25) is 4.79 Å². The molecule has 0 spiro atoms. The molecule has 7 nitrogen and oxygen atoms in total. The van der Waals surface area contributed by atoms with Crippen molar-refractivity contribution in [2.24, 2.45) is 0 Å². The average molecular weight is 468 g/mol. The molecule has 2 rings (SSSR count). The third-order valence-electron chi connectivity index (χ3n) is 3.71. The van der Waals surface area contributed by atoms with Crippen molar-refractivity contribution in [1.29, 1.82) is 0 Å². The minimum Gasteiger partial charge on any atom is -0.497 e. The normalized spacial score (nSPS) is 11.4. The molecule has 0 unspecified atom stereocenters. The second-order valence-electron chi connectivity index (χ2n) is 5.57. The highest BCUT2D eigenvalue weighted by atomic mass is 35.5. The van der Waals surface area contributed by atoms with Crippen LogP contribution in [0.25, 0.3) is 0 Å². The molecule has 0 aliphatic rings. The number of hydrogen-bond acceptors (Lipinski definition) is 5. The highest BCUT2D eigenvalue weighted by Gasteiger charge is 2.27. The molecule has 2 aromatic carbocycles. The van der Waals surface area contributed by atoms with Gasteiger partial charge in [0.25, 0.3) is 0 Å². The van der Waals surface area contributed by atoms with Crippen LogP contribution in [0, 0.1) is 0 Å². The predicted molar refractivity (Wildman–Crippen MR) is 109 cm³/mol. The fraction of sp³-hybridized carbons (Fsp3) is 0.235. The van der Waals surface area contributed by atoms with Gasteiger partial charge in [0.2, 0.25) is 15.9 Å². The van der Waals surface area contributed by atoms with E-state index in [1.54, 1.807) is 6.07 Å². The summed E-state index contributed by atoms with van der Waals surface area (Å²) in [5.74, 6) is -0.159. The number of carbonyl (C=O) groups excluding carboxylic acids is 1. The number of likely N-dealkylation sites (N-methyl/N-ethyl adjacent to an activating group) is 1. The van der Waals surface area contributed by atoms with Crippen LogP contribution in [-0.2, 0) is 14.8 Å². The predicted octanol–water partition coefficient (Wildman–Crippen LogP) is 3.92. The Kier molecular flexibility index (Phi) is 7.41. The zero-order valence-corrected chi connectivity index (χ0v) is 18.2. The molecule has 0 bridgehead atoms. The molecule has 0 fully saturated rings. The molecule has 1 amide bonds. The fourth-order valence-electron chi connectivity index (χ4n) is 2.25. The SMILES string of the molecule is COc1ccc(OC)c(S(=O)(=O)N(C)CC(=O)Nc2cc(Cl)c(Cl)cc2Cl)c1. The lowest BCUT2D eigenvalue weighted by atomic mass is 10.3. The molecule has 0 aliphatic carbocycles. The number of hydrogen-bond donors (Lipinski definition) is 1. The molecular formula is C17H17Cl3N2O5S. The van der Waals surface area contributed by atoms with Gasteiger partial charge in [0.15, 0.2) is 0 Å². The lowest BCUT2D eigenvalue weighted by molar-refractivity contribution is -0.116. The van der Waals surface area contributed by atoms with Crippen molar-refractivity contribution >= 4 is 56.4 Å². The lowest BCUT2D eigenvalue weighted by Crippen LogP contribution is -2.35. The molecule has 0 heterocycles. The van der Waals surface area contributed by atoms with E-state index in [-0.39, 0.29) is 31.4 Å². The number of halogens is 3. The van der Waals surface area contributed by atoms with Crippen LogP contribution in [-0.4, -0.2) is 46.4 Å². The molecule has 28 heavy (non-hydrogen) atoms. The number of rotatable bonds is 7. The van der Waals surface area contributed by atoms with E-state index in [9.17, 15) is 13.2 Å². The molecule has 0 atom stereocenters. The summed E-state index contributed by atoms with van der Waals surface area (Å²) in [4.78, 5) is 12.2. The maximum Gasteiger partial charge on any atom is 0.247 e. The minimum atomic E-state index is -4.04. The van der Waals surface area contributed by atoms with E-state index < -0.39 is 22.5 Å². The Morgan fingerprint density at radius 2 is 1.68 bits per heavy atom. The first-order valence-electron chi connectivity index (χ1n) is 7.73. The van der Waals surface area contributed by atoms with Gasteiger partial charge in [-0.05, 0) is 24.3 Å². The van der Waals surface area contributed by atoms with E-state index in [4.69, 9.17) is 44.3 Å². The third kappa shape index (κ3) is 5.01. The van der Waals surface area contributed by atoms with Crippen LogP contribution in [0.3, 0.4) is 0 Å². The summed E-state index contributed by atoms with van der Waals surface area (Å²) in [6, 6.07) is 7.11. The minimum absolute atomic E-state index is 0.126. The van der Waals surface area contributed by atoms with Crippen LogP contribution in [0.5, 0.6) is 11.5 Å². The van der Waals surface area contributed by atoms with Crippen LogP contribution >= 0.6 is 34.8 Å². The van der Waals surface area contributed by atoms with E-state index in [0.29, 0.717) is 5.75 Å². The summed E-state index contributed by atoms with van der Waals surface area (Å²) in [5.41, 5.74) is 0.214. The fourth-order valence-corrected chi connectivity index (χ4v) is 4.14. The molecule has 1 N–H and O–H groups in total. The average Bonchev–Trinajstić information content (AvgIpc) is 2.65. The number of nitrogens with one attached hydrogen (secondary N) is 1. The Bertz CT molecular complexity index is 999. The Balaban J connectivity index is 2.23. The van der Waals surface area contributed by atoms with Crippen molar-refractivity contribution in [3.05, 3.63) is 45.4 Å². The molecular weight excluding hydrogens is 451 g/mol. The first-order valence-corrected chi connectivity index (χ1v) is 10.3. The van der Waals surface area contributed by atoms with E-state index in [1.807, 2.05) is 0 Å². The van der Waals surface area contributed by atoms with Gasteiger partial charge in [0.1, 0.15) is 16.4 Å². The van der Waals surface area contributed by atoms with Gasteiger partial charge >= 0.3 is 0 Å². The highest BCUT2D eigenvalue weighted by molar-refractivity contribution is 7.89. The van der Waals surface area contributed by atoms with Gasteiger partial charge < -0.3 is 14.8 Å². The molecule has 0 saturated heterocycles. The number of ether oxygens (including phenoxy) is 2.